The topological polar surface area (TPSA) is 48.8 Å². The van der Waals surface area contributed by atoms with Crippen molar-refractivity contribution in [2.24, 2.45) is 5.11 Å². The lowest BCUT2D eigenvalue weighted by atomic mass is 10.1. The van der Waals surface area contributed by atoms with Crippen molar-refractivity contribution in [2.75, 3.05) is 0 Å². The van der Waals surface area contributed by atoms with Gasteiger partial charge in [-0.15, -0.1) is 0 Å². The largest absolute Gasteiger partial charge is 0.205 e. The lowest BCUT2D eigenvalue weighted by Gasteiger charge is -2.04. The van der Waals surface area contributed by atoms with Gasteiger partial charge in [-0.1, -0.05) is 29.7 Å². The molecule has 0 aliphatic rings. The van der Waals surface area contributed by atoms with Crippen LogP contribution in [0.3, 0.4) is 0 Å². The predicted molar refractivity (Wildman–Crippen MR) is 49.0 cm³/mol. The normalized spacial score (nSPS) is 11.9. The molecule has 13 heavy (non-hydrogen) atoms. The zero-order valence-corrected chi connectivity index (χ0v) is 7.66. The van der Waals surface area contributed by atoms with Crippen LogP contribution in [0.4, 0.5) is 4.39 Å². The number of benzene rings is 1. The van der Waals surface area contributed by atoms with Crippen molar-refractivity contribution in [3.63, 3.8) is 0 Å². The highest BCUT2D eigenvalue weighted by atomic mass is 35.5. The Balaban J connectivity index is 3.03. The van der Waals surface area contributed by atoms with Gasteiger partial charge >= 0.3 is 0 Å². The van der Waals surface area contributed by atoms with E-state index >= 15 is 0 Å². The van der Waals surface area contributed by atoms with E-state index in [1.54, 1.807) is 13.0 Å². The summed E-state index contributed by atoms with van der Waals surface area (Å²) in [4.78, 5) is 2.65. The number of hydrogen-bond donors (Lipinski definition) is 0. The number of rotatable bonds is 2. The molecule has 1 rings (SSSR count). The maximum Gasteiger partial charge on any atom is 0.141 e. The average Bonchev–Trinajstić information content (AvgIpc) is 2.10. The van der Waals surface area contributed by atoms with E-state index in [0.29, 0.717) is 5.56 Å². The fourth-order valence-electron chi connectivity index (χ4n) is 0.916. The van der Waals surface area contributed by atoms with Gasteiger partial charge in [-0.2, -0.15) is 0 Å². The Hall–Kier alpha value is -1.25. The molecule has 0 aliphatic heterocycles. The molecule has 5 heteroatoms. The van der Waals surface area contributed by atoms with Gasteiger partial charge in [0.05, 0.1) is 11.1 Å². The van der Waals surface area contributed by atoms with Gasteiger partial charge in [0.1, 0.15) is 5.82 Å². The molecule has 0 radical (unpaired) electrons. The van der Waals surface area contributed by atoms with Crippen LogP contribution in [-0.2, 0) is 0 Å². The third-order valence-electron chi connectivity index (χ3n) is 1.65. The first-order valence-corrected chi connectivity index (χ1v) is 4.02. The first-order valence-electron chi connectivity index (χ1n) is 3.64. The summed E-state index contributed by atoms with van der Waals surface area (Å²) >= 11 is 5.55. The van der Waals surface area contributed by atoms with Crippen LogP contribution >= 0.6 is 11.6 Å². The lowest BCUT2D eigenvalue weighted by Crippen LogP contribution is -1.89. The van der Waals surface area contributed by atoms with Crippen LogP contribution in [0.1, 0.15) is 18.5 Å². The molecular formula is C8H7ClFN3. The van der Waals surface area contributed by atoms with E-state index in [1.807, 2.05) is 0 Å². The highest BCUT2D eigenvalue weighted by Gasteiger charge is 2.05. The summed E-state index contributed by atoms with van der Waals surface area (Å²) in [5.41, 5.74) is 8.87. The van der Waals surface area contributed by atoms with Gasteiger partial charge in [0.15, 0.2) is 0 Å². The van der Waals surface area contributed by atoms with E-state index in [-0.39, 0.29) is 11.1 Å². The molecule has 1 aromatic carbocycles. The van der Waals surface area contributed by atoms with Crippen molar-refractivity contribution in [2.45, 2.75) is 13.0 Å². The second-order valence-corrected chi connectivity index (χ2v) is 2.96. The second kappa shape index (κ2) is 4.12. The van der Waals surface area contributed by atoms with Gasteiger partial charge in [-0.05, 0) is 23.2 Å². The van der Waals surface area contributed by atoms with Crippen molar-refractivity contribution >= 4 is 11.6 Å². The SMILES string of the molecule is C[C@H](N=[N+]=[N-])c1ccc(F)c(Cl)c1. The van der Waals surface area contributed by atoms with E-state index in [9.17, 15) is 4.39 Å². The average molecular weight is 200 g/mol. The zero-order valence-electron chi connectivity index (χ0n) is 6.91. The Morgan fingerprint density at radius 3 is 2.85 bits per heavy atom. The number of halogens is 2. The van der Waals surface area contributed by atoms with Gasteiger partial charge in [-0.3, -0.25) is 0 Å². The molecule has 68 valence electrons. The first-order chi connectivity index (χ1) is 6.15. The minimum Gasteiger partial charge on any atom is -0.205 e. The Kier molecular flexibility index (Phi) is 3.12. The molecule has 0 unspecified atom stereocenters. The molecule has 0 N–H and O–H groups in total. The van der Waals surface area contributed by atoms with Crippen LogP contribution in [-0.4, -0.2) is 0 Å². The fourth-order valence-corrected chi connectivity index (χ4v) is 1.11. The molecular weight excluding hydrogens is 193 g/mol. The number of azide groups is 1. The minimum atomic E-state index is -0.474. The van der Waals surface area contributed by atoms with Crippen molar-refractivity contribution in [1.82, 2.24) is 0 Å². The maximum absolute atomic E-state index is 12.7. The van der Waals surface area contributed by atoms with Crippen LogP contribution in [0.25, 0.3) is 10.4 Å². The minimum absolute atomic E-state index is 0.0393. The van der Waals surface area contributed by atoms with Gasteiger partial charge in [0.2, 0.25) is 0 Å². The summed E-state index contributed by atoms with van der Waals surface area (Å²) in [7, 11) is 0. The van der Waals surface area contributed by atoms with Gasteiger partial charge in [0, 0.05) is 4.91 Å². The highest BCUT2D eigenvalue weighted by Crippen LogP contribution is 2.22. The van der Waals surface area contributed by atoms with Crippen LogP contribution in [0, 0.1) is 5.82 Å². The smallest absolute Gasteiger partial charge is 0.141 e. The number of hydrogen-bond acceptors (Lipinski definition) is 1. The van der Waals surface area contributed by atoms with Gasteiger partial charge < -0.3 is 0 Å². The third-order valence-corrected chi connectivity index (χ3v) is 1.94. The van der Waals surface area contributed by atoms with Crippen molar-refractivity contribution in [1.29, 1.82) is 0 Å². The van der Waals surface area contributed by atoms with Crippen LogP contribution < -0.4 is 0 Å². The Labute approximate surface area is 79.8 Å². The van der Waals surface area contributed by atoms with Crippen LogP contribution in [0.5, 0.6) is 0 Å². The summed E-state index contributed by atoms with van der Waals surface area (Å²) in [6.07, 6.45) is 0. The predicted octanol–water partition coefficient (Wildman–Crippen LogP) is 3.85. The Morgan fingerprint density at radius 1 is 1.62 bits per heavy atom. The third kappa shape index (κ3) is 2.34. The molecule has 0 aromatic heterocycles. The van der Waals surface area contributed by atoms with Crippen molar-refractivity contribution in [3.8, 4) is 0 Å². The lowest BCUT2D eigenvalue weighted by molar-refractivity contribution is 0.626. The van der Waals surface area contributed by atoms with E-state index < -0.39 is 5.82 Å². The van der Waals surface area contributed by atoms with E-state index in [0.717, 1.165) is 0 Å². The number of nitrogens with zero attached hydrogens (tertiary/aromatic N) is 3. The highest BCUT2D eigenvalue weighted by molar-refractivity contribution is 6.30. The van der Waals surface area contributed by atoms with Crippen LogP contribution in [0.15, 0.2) is 23.3 Å². The molecule has 3 nitrogen and oxygen atoms in total. The Morgan fingerprint density at radius 2 is 2.31 bits per heavy atom. The summed E-state index contributed by atoms with van der Waals surface area (Å²) in [5, 5.41) is 3.50. The molecule has 0 spiro atoms. The Bertz CT molecular complexity index is 360. The van der Waals surface area contributed by atoms with Gasteiger partial charge in [-0.25, -0.2) is 4.39 Å². The molecule has 0 bridgehead atoms. The summed E-state index contributed by atoms with van der Waals surface area (Å²) in [5.74, 6) is -0.474. The maximum atomic E-state index is 12.7. The zero-order chi connectivity index (χ0) is 9.84. The first kappa shape index (κ1) is 9.84. The quantitative estimate of drug-likeness (QED) is 0.395. The second-order valence-electron chi connectivity index (χ2n) is 2.55. The monoisotopic (exact) mass is 199 g/mol. The standard InChI is InChI=1S/C8H7ClFN3/c1-5(12-13-11)6-2-3-8(10)7(9)4-6/h2-5H,1H3/t5-/m0/s1. The molecule has 1 aromatic rings. The summed E-state index contributed by atoms with van der Waals surface area (Å²) in [6, 6.07) is 3.92. The fraction of sp³-hybridized carbons (Fsp3) is 0.250. The van der Waals surface area contributed by atoms with Crippen molar-refractivity contribution in [3.05, 3.63) is 45.0 Å². The van der Waals surface area contributed by atoms with E-state index in [1.165, 1.54) is 12.1 Å². The molecule has 0 saturated heterocycles. The van der Waals surface area contributed by atoms with Crippen LogP contribution in [0.2, 0.25) is 5.02 Å². The summed E-state index contributed by atoms with van der Waals surface area (Å²) in [6.45, 7) is 1.71. The molecule has 1 atom stereocenters. The molecule has 0 amide bonds. The van der Waals surface area contributed by atoms with E-state index in [2.05, 4.69) is 10.0 Å². The molecule has 0 aliphatic carbocycles. The van der Waals surface area contributed by atoms with Crippen molar-refractivity contribution < 1.29 is 4.39 Å². The molecule has 0 fully saturated rings. The molecule has 0 heterocycles. The van der Waals surface area contributed by atoms with Gasteiger partial charge in [0.25, 0.3) is 0 Å². The van der Waals surface area contributed by atoms with E-state index in [4.69, 9.17) is 17.1 Å². The summed E-state index contributed by atoms with van der Waals surface area (Å²) < 4.78 is 12.7. The molecule has 0 saturated carbocycles.